The van der Waals surface area contributed by atoms with Crippen LogP contribution in [0, 0.1) is 0 Å². The molecule has 17 heavy (non-hydrogen) atoms. The highest BCUT2D eigenvalue weighted by Crippen LogP contribution is 2.30. The highest BCUT2D eigenvalue weighted by molar-refractivity contribution is 9.10. The molecule has 2 aromatic rings. The van der Waals surface area contributed by atoms with Crippen LogP contribution >= 0.6 is 27.7 Å². The van der Waals surface area contributed by atoms with Crippen LogP contribution in [0.5, 0.6) is 0 Å². The molecule has 1 aromatic carbocycles. The first-order valence-electron chi connectivity index (χ1n) is 5.75. The third kappa shape index (κ3) is 2.39. The molecular formula is C13H14BrNOS. The van der Waals surface area contributed by atoms with Crippen LogP contribution in [-0.4, -0.2) is 17.5 Å². The molecule has 0 bridgehead atoms. The lowest BCUT2D eigenvalue weighted by Crippen LogP contribution is -2.37. The molecule has 3 rings (SSSR count). The molecule has 1 saturated heterocycles. The number of nitrogens with one attached hydrogen (secondary N) is 1. The smallest absolute Gasteiger partial charge is 0.134 e. The van der Waals surface area contributed by atoms with Gasteiger partial charge < -0.3 is 9.73 Å². The fraction of sp³-hybridized carbons (Fsp3) is 0.385. The molecule has 0 aliphatic carbocycles. The van der Waals surface area contributed by atoms with E-state index in [4.69, 9.17) is 4.42 Å². The molecule has 4 heteroatoms. The predicted octanol–water partition coefficient (Wildman–Crippen LogP) is 3.96. The van der Waals surface area contributed by atoms with E-state index in [1.54, 1.807) is 0 Å². The second kappa shape index (κ2) is 4.67. The summed E-state index contributed by atoms with van der Waals surface area (Å²) in [7, 11) is 0. The van der Waals surface area contributed by atoms with Crippen LogP contribution < -0.4 is 5.32 Å². The summed E-state index contributed by atoms with van der Waals surface area (Å²) in [4.78, 5) is 0. The van der Waals surface area contributed by atoms with E-state index in [9.17, 15) is 0 Å². The number of furan rings is 1. The number of benzene rings is 1. The predicted molar refractivity (Wildman–Crippen MR) is 76.6 cm³/mol. The van der Waals surface area contributed by atoms with Crippen molar-refractivity contribution in [2.75, 3.05) is 11.5 Å². The first-order valence-corrected chi connectivity index (χ1v) is 7.70. The van der Waals surface area contributed by atoms with Crippen molar-refractivity contribution in [3.8, 4) is 0 Å². The molecule has 0 radical (unpaired) electrons. The normalized spacial score (nSPS) is 25.3. The minimum Gasteiger partial charge on any atom is -0.459 e. The van der Waals surface area contributed by atoms with Crippen molar-refractivity contribution in [3.63, 3.8) is 0 Å². The van der Waals surface area contributed by atoms with Gasteiger partial charge in [0.05, 0.1) is 6.04 Å². The Morgan fingerprint density at radius 3 is 3.06 bits per heavy atom. The van der Waals surface area contributed by atoms with Crippen molar-refractivity contribution >= 4 is 38.7 Å². The maximum atomic E-state index is 5.91. The van der Waals surface area contributed by atoms with Gasteiger partial charge in [-0.3, -0.25) is 0 Å². The van der Waals surface area contributed by atoms with Crippen molar-refractivity contribution < 1.29 is 4.42 Å². The van der Waals surface area contributed by atoms with E-state index in [-0.39, 0.29) is 0 Å². The molecule has 0 spiro atoms. The van der Waals surface area contributed by atoms with Gasteiger partial charge in [-0.1, -0.05) is 15.9 Å². The van der Waals surface area contributed by atoms with Gasteiger partial charge in [0.1, 0.15) is 11.3 Å². The number of halogens is 1. The Labute approximate surface area is 113 Å². The Morgan fingerprint density at radius 1 is 1.35 bits per heavy atom. The van der Waals surface area contributed by atoms with E-state index in [2.05, 4.69) is 40.3 Å². The van der Waals surface area contributed by atoms with Crippen LogP contribution in [0.3, 0.4) is 0 Å². The Bertz CT molecular complexity index is 539. The fourth-order valence-electron chi connectivity index (χ4n) is 2.17. The molecule has 2 unspecified atom stereocenters. The number of fused-ring (bicyclic) bond motifs is 1. The van der Waals surface area contributed by atoms with Gasteiger partial charge in [0.25, 0.3) is 0 Å². The molecule has 0 amide bonds. The lowest BCUT2D eigenvalue weighted by Gasteiger charge is -2.26. The molecular weight excluding hydrogens is 298 g/mol. The Kier molecular flexibility index (Phi) is 3.19. The monoisotopic (exact) mass is 311 g/mol. The van der Waals surface area contributed by atoms with Crippen LogP contribution in [0.1, 0.15) is 18.7 Å². The molecule has 90 valence electrons. The minimum atomic E-state index is 0.343. The second-order valence-corrected chi connectivity index (χ2v) is 6.48. The molecule has 1 fully saturated rings. The zero-order valence-electron chi connectivity index (χ0n) is 9.57. The maximum Gasteiger partial charge on any atom is 0.134 e. The molecule has 1 N–H and O–H groups in total. The molecule has 2 heterocycles. The van der Waals surface area contributed by atoms with Gasteiger partial charge in [-0.15, -0.1) is 0 Å². The van der Waals surface area contributed by atoms with Gasteiger partial charge in [-0.25, -0.2) is 0 Å². The summed E-state index contributed by atoms with van der Waals surface area (Å²) in [6.45, 7) is 2.22. The summed E-state index contributed by atoms with van der Waals surface area (Å²) in [5.41, 5.74) is 0.966. The topological polar surface area (TPSA) is 25.2 Å². The summed E-state index contributed by atoms with van der Waals surface area (Å²) < 4.78 is 7.01. The zero-order chi connectivity index (χ0) is 11.8. The van der Waals surface area contributed by atoms with Gasteiger partial charge in [-0.05, 0) is 31.2 Å². The van der Waals surface area contributed by atoms with Gasteiger partial charge >= 0.3 is 0 Å². The Morgan fingerprint density at radius 2 is 2.24 bits per heavy atom. The zero-order valence-corrected chi connectivity index (χ0v) is 12.0. The maximum absolute atomic E-state index is 5.91. The van der Waals surface area contributed by atoms with E-state index in [1.165, 1.54) is 11.1 Å². The molecule has 2 nitrogen and oxygen atoms in total. The minimum absolute atomic E-state index is 0.343. The number of thioether (sulfide) groups is 1. The molecule has 0 saturated carbocycles. The van der Waals surface area contributed by atoms with Crippen LogP contribution in [0.2, 0.25) is 0 Å². The Balaban J connectivity index is 1.94. The van der Waals surface area contributed by atoms with Crippen molar-refractivity contribution in [2.24, 2.45) is 0 Å². The number of hydrogen-bond donors (Lipinski definition) is 1. The van der Waals surface area contributed by atoms with Crippen LogP contribution in [0.4, 0.5) is 0 Å². The third-order valence-electron chi connectivity index (χ3n) is 2.98. The highest BCUT2D eigenvalue weighted by Gasteiger charge is 2.22. The van der Waals surface area contributed by atoms with Gasteiger partial charge in [0, 0.05) is 27.4 Å². The Hall–Kier alpha value is -0.450. The number of hydrogen-bond acceptors (Lipinski definition) is 3. The molecule has 2 atom stereocenters. The standard InChI is InChI=1S/C13H14BrNOS/c1-8-6-17-7-11(15-8)13-5-9-4-10(14)2-3-12(9)16-13/h2-5,8,11,15H,6-7H2,1H3. The first-order chi connectivity index (χ1) is 8.22. The average Bonchev–Trinajstić information content (AvgIpc) is 2.72. The molecule has 1 aromatic heterocycles. The summed E-state index contributed by atoms with van der Waals surface area (Å²) in [6, 6.07) is 9.18. The summed E-state index contributed by atoms with van der Waals surface area (Å²) in [5.74, 6) is 3.32. The van der Waals surface area contributed by atoms with E-state index in [1.807, 2.05) is 23.9 Å². The summed E-state index contributed by atoms with van der Waals surface area (Å²) in [6.07, 6.45) is 0. The van der Waals surface area contributed by atoms with Crippen LogP contribution in [0.15, 0.2) is 33.2 Å². The van der Waals surface area contributed by atoms with Crippen molar-refractivity contribution in [3.05, 3.63) is 34.5 Å². The van der Waals surface area contributed by atoms with Crippen LogP contribution in [0.25, 0.3) is 11.0 Å². The highest BCUT2D eigenvalue weighted by atomic mass is 79.9. The van der Waals surface area contributed by atoms with E-state index >= 15 is 0 Å². The van der Waals surface area contributed by atoms with Crippen molar-refractivity contribution in [1.82, 2.24) is 5.32 Å². The average molecular weight is 312 g/mol. The fourth-order valence-corrected chi connectivity index (χ4v) is 3.63. The second-order valence-electron chi connectivity index (χ2n) is 4.49. The quantitative estimate of drug-likeness (QED) is 0.863. The molecule has 1 aliphatic heterocycles. The third-order valence-corrected chi connectivity index (χ3v) is 4.78. The lowest BCUT2D eigenvalue weighted by atomic mass is 10.2. The van der Waals surface area contributed by atoms with Gasteiger partial charge in [-0.2, -0.15) is 11.8 Å². The largest absolute Gasteiger partial charge is 0.459 e. The van der Waals surface area contributed by atoms with Crippen molar-refractivity contribution in [2.45, 2.75) is 19.0 Å². The van der Waals surface area contributed by atoms with Gasteiger partial charge in [0.15, 0.2) is 0 Å². The number of rotatable bonds is 1. The molecule has 1 aliphatic rings. The summed E-state index contributed by atoms with van der Waals surface area (Å²) in [5, 5.41) is 4.75. The van der Waals surface area contributed by atoms with E-state index in [0.717, 1.165) is 21.6 Å². The first kappa shape index (κ1) is 11.6. The van der Waals surface area contributed by atoms with E-state index < -0.39 is 0 Å². The summed E-state index contributed by atoms with van der Waals surface area (Å²) >= 11 is 5.47. The van der Waals surface area contributed by atoms with Gasteiger partial charge in [0.2, 0.25) is 0 Å². The van der Waals surface area contributed by atoms with Crippen molar-refractivity contribution in [1.29, 1.82) is 0 Å². The SMILES string of the molecule is CC1CSCC(c2cc3cc(Br)ccc3o2)N1. The van der Waals surface area contributed by atoms with E-state index in [0.29, 0.717) is 12.1 Å². The van der Waals surface area contributed by atoms with Crippen LogP contribution in [-0.2, 0) is 0 Å². The lowest BCUT2D eigenvalue weighted by molar-refractivity contribution is 0.422.